The van der Waals surface area contributed by atoms with Gasteiger partial charge in [0, 0.05) is 21.2 Å². The molecular weight excluding hydrogens is 479 g/mol. The smallest absolute Gasteiger partial charge is 0.350 e. The number of nitriles is 2. The van der Waals surface area contributed by atoms with E-state index in [0.717, 1.165) is 39.9 Å². The molecule has 0 N–H and O–H groups in total. The van der Waals surface area contributed by atoms with Gasteiger partial charge in [-0.05, 0) is 26.0 Å². The van der Waals surface area contributed by atoms with Crippen molar-refractivity contribution in [1.29, 1.82) is 10.5 Å². The Hall–Kier alpha value is -3.51. The fourth-order valence-electron chi connectivity index (χ4n) is 3.55. The van der Waals surface area contributed by atoms with Crippen LogP contribution < -0.4 is 4.74 Å². The van der Waals surface area contributed by atoms with Crippen molar-refractivity contribution in [2.24, 2.45) is 4.99 Å². The first-order chi connectivity index (χ1) is 15.4. The lowest BCUT2D eigenvalue weighted by atomic mass is 9.95. The van der Waals surface area contributed by atoms with Crippen molar-refractivity contribution >= 4 is 81.1 Å². The summed E-state index contributed by atoms with van der Waals surface area (Å²) < 4.78 is 10.7. The van der Waals surface area contributed by atoms with Crippen molar-refractivity contribution in [3.05, 3.63) is 51.1 Å². The van der Waals surface area contributed by atoms with Crippen molar-refractivity contribution in [3.63, 3.8) is 0 Å². The molecule has 0 spiro atoms. The van der Waals surface area contributed by atoms with Crippen LogP contribution in [-0.2, 0) is 5.60 Å². The summed E-state index contributed by atoms with van der Waals surface area (Å²) in [5.41, 5.74) is 0.628. The van der Waals surface area contributed by atoms with Crippen molar-refractivity contribution < 1.29 is 4.74 Å². The van der Waals surface area contributed by atoms with Gasteiger partial charge in [-0.1, -0.05) is 22.9 Å². The first kappa shape index (κ1) is 20.4. The summed E-state index contributed by atoms with van der Waals surface area (Å²) in [6.45, 7) is 18.2. The molecule has 0 saturated carbocycles. The molecule has 4 aromatic heterocycles. The lowest BCUT2D eigenvalue weighted by Crippen LogP contribution is -2.27. The minimum absolute atomic E-state index is 0.0697. The number of nitrogens with zero attached hydrogens (tertiary/aromatic N) is 5. The summed E-state index contributed by atoms with van der Waals surface area (Å²) in [5, 5.41) is 18.7. The Kier molecular flexibility index (Phi) is 4.64. The van der Waals surface area contributed by atoms with E-state index in [2.05, 4.69) is 14.7 Å². The summed E-state index contributed by atoms with van der Waals surface area (Å²) in [7, 11) is 0. The topological polar surface area (TPSA) is 77.9 Å². The third kappa shape index (κ3) is 3.02. The molecule has 0 amide bonds. The third-order valence-electron chi connectivity index (χ3n) is 4.79. The highest BCUT2D eigenvalue weighted by Crippen LogP contribution is 2.60. The van der Waals surface area contributed by atoms with E-state index in [1.165, 1.54) is 16.2 Å². The van der Waals surface area contributed by atoms with E-state index in [0.29, 0.717) is 5.00 Å². The van der Waals surface area contributed by atoms with Gasteiger partial charge in [-0.25, -0.2) is 15.4 Å². The van der Waals surface area contributed by atoms with Crippen molar-refractivity contribution in [3.8, 4) is 27.6 Å². The summed E-state index contributed by atoms with van der Waals surface area (Å²) in [4.78, 5) is 13.7. The number of hydrogen-bond donors (Lipinski definition) is 0. The van der Waals surface area contributed by atoms with Crippen molar-refractivity contribution in [1.82, 2.24) is 0 Å². The van der Waals surface area contributed by atoms with Gasteiger partial charge in [0.05, 0.1) is 36.5 Å². The Labute approximate surface area is 198 Å². The van der Waals surface area contributed by atoms with Gasteiger partial charge in [0.1, 0.15) is 11.7 Å². The number of allylic oxidation sites excluding steroid dienone is 1. The second-order valence-electron chi connectivity index (χ2n) is 7.21. The number of fused-ring (bicyclic) bond motifs is 7. The van der Waals surface area contributed by atoms with Gasteiger partial charge in [0.25, 0.3) is 5.70 Å². The Bertz CT molecular complexity index is 1650. The highest BCUT2D eigenvalue weighted by molar-refractivity contribution is 7.35. The van der Waals surface area contributed by atoms with E-state index >= 15 is 0 Å². The summed E-state index contributed by atoms with van der Waals surface area (Å²) in [6.07, 6.45) is 1.63. The molecule has 1 aliphatic heterocycles. The predicted octanol–water partition coefficient (Wildman–Crippen LogP) is 7.79. The standard InChI is InChI=1S/C22H9N5OS4/c1-22(2)16-18-12(6-11(29-18)5-10(8-23)25-3)30-20(16)21-17(28-22)19-13(31-21)7-15(32-19)27-14(9-24)26-4/h5-7H,1-2H3/b10-5+,27-14?. The van der Waals surface area contributed by atoms with Crippen molar-refractivity contribution in [2.75, 3.05) is 0 Å². The van der Waals surface area contributed by atoms with Crippen LogP contribution in [0.25, 0.3) is 44.3 Å². The lowest BCUT2D eigenvalue weighted by Gasteiger charge is -2.31. The summed E-state index contributed by atoms with van der Waals surface area (Å²) in [6, 6.07) is 7.64. The van der Waals surface area contributed by atoms with Gasteiger partial charge in [0.15, 0.2) is 5.75 Å². The number of aliphatic imine (C=N–C) groups is 1. The molecule has 0 aromatic carbocycles. The van der Waals surface area contributed by atoms with E-state index in [4.69, 9.17) is 28.4 Å². The second kappa shape index (κ2) is 7.28. The molecule has 0 bridgehead atoms. The van der Waals surface area contributed by atoms with Crippen LogP contribution in [0.15, 0.2) is 22.8 Å². The van der Waals surface area contributed by atoms with Gasteiger partial charge in [-0.2, -0.15) is 0 Å². The van der Waals surface area contributed by atoms with Crippen LogP contribution in [0.1, 0.15) is 24.3 Å². The van der Waals surface area contributed by atoms with E-state index in [9.17, 15) is 0 Å². The maximum Gasteiger partial charge on any atom is 0.350 e. The van der Waals surface area contributed by atoms with E-state index in [-0.39, 0.29) is 11.5 Å². The first-order valence-electron chi connectivity index (χ1n) is 9.06. The van der Waals surface area contributed by atoms with Gasteiger partial charge in [-0.3, -0.25) is 0 Å². The molecule has 6 nitrogen and oxygen atoms in total. The molecule has 0 aliphatic carbocycles. The maximum absolute atomic E-state index is 9.06. The molecule has 0 atom stereocenters. The zero-order chi connectivity index (χ0) is 22.6. The second-order valence-corrected chi connectivity index (χ2v) is 11.4. The molecule has 0 saturated heterocycles. The number of hydrogen-bond acceptors (Lipinski definition) is 8. The van der Waals surface area contributed by atoms with Gasteiger partial charge >= 0.3 is 5.84 Å². The largest absolute Gasteiger partial charge is 0.480 e. The molecule has 5 heterocycles. The van der Waals surface area contributed by atoms with Gasteiger partial charge in [0.2, 0.25) is 5.00 Å². The quantitative estimate of drug-likeness (QED) is 0.125. The Morgan fingerprint density at radius 1 is 1.03 bits per heavy atom. The fourth-order valence-corrected chi connectivity index (χ4v) is 8.92. The van der Waals surface area contributed by atoms with Crippen molar-refractivity contribution in [2.45, 2.75) is 19.4 Å². The minimum Gasteiger partial charge on any atom is -0.480 e. The zero-order valence-electron chi connectivity index (χ0n) is 16.5. The normalized spacial score (nSPS) is 14.7. The predicted molar refractivity (Wildman–Crippen MR) is 132 cm³/mol. The molecule has 152 valence electrons. The minimum atomic E-state index is -0.569. The number of thiophene rings is 4. The highest BCUT2D eigenvalue weighted by atomic mass is 32.1. The van der Waals surface area contributed by atoms with Crippen LogP contribution in [0.5, 0.6) is 5.75 Å². The lowest BCUT2D eigenvalue weighted by molar-refractivity contribution is 0.111. The van der Waals surface area contributed by atoms with Gasteiger partial charge < -0.3 is 9.58 Å². The Balaban J connectivity index is 1.68. The molecule has 0 fully saturated rings. The molecule has 10 heteroatoms. The van der Waals surface area contributed by atoms with Crippen LogP contribution in [0.4, 0.5) is 5.00 Å². The molecule has 1 aliphatic rings. The third-order valence-corrected chi connectivity index (χ3v) is 9.60. The number of rotatable bonds is 2. The van der Waals surface area contributed by atoms with E-state index in [1.54, 1.807) is 46.2 Å². The van der Waals surface area contributed by atoms with E-state index in [1.807, 2.05) is 32.0 Å². The Morgan fingerprint density at radius 2 is 1.78 bits per heavy atom. The van der Waals surface area contributed by atoms with Crippen LogP contribution in [0.3, 0.4) is 0 Å². The molecule has 5 rings (SSSR count). The van der Waals surface area contributed by atoms with Crippen LogP contribution in [-0.4, -0.2) is 5.84 Å². The summed E-state index contributed by atoms with van der Waals surface area (Å²) in [5.74, 6) is 0.640. The van der Waals surface area contributed by atoms with E-state index < -0.39 is 5.60 Å². The number of amidine groups is 1. The average molecular weight is 488 g/mol. The van der Waals surface area contributed by atoms with Crippen LogP contribution >= 0.6 is 45.3 Å². The molecule has 0 radical (unpaired) electrons. The molecule has 32 heavy (non-hydrogen) atoms. The fraction of sp³-hybridized carbons (Fsp3) is 0.136. The monoisotopic (exact) mass is 487 g/mol. The highest BCUT2D eigenvalue weighted by Gasteiger charge is 2.39. The molecule has 4 aromatic rings. The maximum atomic E-state index is 9.06. The molecular formula is C22H9N5OS4. The average Bonchev–Trinajstić information content (AvgIpc) is 3.49. The number of ether oxygens (including phenoxy) is 1. The van der Waals surface area contributed by atoms with Crippen LogP contribution in [0.2, 0.25) is 0 Å². The van der Waals surface area contributed by atoms with Gasteiger partial charge in [-0.15, -0.1) is 34.0 Å². The molecule has 0 unspecified atom stereocenters. The summed E-state index contributed by atoms with van der Waals surface area (Å²) >= 11 is 6.31. The Morgan fingerprint density at radius 3 is 2.47 bits per heavy atom. The zero-order valence-corrected chi connectivity index (χ0v) is 19.8. The SMILES string of the molecule is [C-]#[N+]C(C#N)=Nc1cc2sc3c(c2s1)OC(C)(C)c1c-3sc2cc(/C=C(\C#N)[N+]#[C-])sc12. The first-order valence-corrected chi connectivity index (χ1v) is 12.3. The van der Waals surface area contributed by atoms with Crippen LogP contribution in [0, 0.1) is 35.8 Å².